The summed E-state index contributed by atoms with van der Waals surface area (Å²) in [7, 11) is 0. The van der Waals surface area contributed by atoms with Crippen LogP contribution in [0.2, 0.25) is 0 Å². The van der Waals surface area contributed by atoms with E-state index < -0.39 is 24.1 Å². The fourth-order valence-corrected chi connectivity index (χ4v) is 4.28. The van der Waals surface area contributed by atoms with Crippen molar-refractivity contribution in [2.75, 3.05) is 0 Å². The minimum absolute atomic E-state index is 0.0210. The molecule has 5 nitrogen and oxygen atoms in total. The molecule has 1 N–H and O–H groups in total. The first-order chi connectivity index (χ1) is 14.9. The van der Waals surface area contributed by atoms with Crippen molar-refractivity contribution < 1.29 is 32.3 Å². The molecule has 0 saturated heterocycles. The van der Waals surface area contributed by atoms with Crippen LogP contribution in [0.3, 0.4) is 0 Å². The van der Waals surface area contributed by atoms with Crippen molar-refractivity contribution in [1.82, 2.24) is 5.32 Å². The highest BCUT2D eigenvalue weighted by Gasteiger charge is 2.43. The highest BCUT2D eigenvalue weighted by molar-refractivity contribution is 6.15. The third kappa shape index (κ3) is 5.55. The van der Waals surface area contributed by atoms with Gasteiger partial charge in [0.2, 0.25) is 5.91 Å². The number of benzene rings is 2. The molecule has 1 aliphatic carbocycles. The van der Waals surface area contributed by atoms with Crippen molar-refractivity contribution in [3.05, 3.63) is 64.2 Å². The van der Waals surface area contributed by atoms with Gasteiger partial charge in [0.15, 0.2) is 5.78 Å². The summed E-state index contributed by atoms with van der Waals surface area (Å²) in [5, 5.41) is 2.65. The van der Waals surface area contributed by atoms with Gasteiger partial charge in [0.05, 0.1) is 0 Å². The molecule has 0 spiro atoms. The maximum absolute atomic E-state index is 13.0. The van der Waals surface area contributed by atoms with Crippen molar-refractivity contribution >= 4 is 17.5 Å². The molecule has 0 radical (unpaired) electrons. The first-order valence-corrected chi connectivity index (χ1v) is 10.2. The first kappa shape index (κ1) is 23.5. The summed E-state index contributed by atoms with van der Waals surface area (Å²) >= 11 is 0. The molecular formula is C24H24F3NO4. The zero-order valence-electron chi connectivity index (χ0n) is 18.0. The lowest BCUT2D eigenvalue weighted by atomic mass is 9.86. The van der Waals surface area contributed by atoms with Crippen LogP contribution in [0.1, 0.15) is 46.6 Å². The normalized spacial score (nSPS) is 18.7. The molecule has 8 heteroatoms. The summed E-state index contributed by atoms with van der Waals surface area (Å²) in [6.45, 7) is 5.79. The van der Waals surface area contributed by atoms with E-state index in [1.807, 2.05) is 32.9 Å². The van der Waals surface area contributed by atoms with E-state index in [1.54, 1.807) is 0 Å². The van der Waals surface area contributed by atoms with Gasteiger partial charge >= 0.3 is 6.36 Å². The summed E-state index contributed by atoms with van der Waals surface area (Å²) in [5.74, 6) is -2.69. The number of halogens is 3. The first-order valence-electron chi connectivity index (χ1n) is 10.2. The van der Waals surface area contributed by atoms with Crippen LogP contribution in [-0.2, 0) is 20.9 Å². The molecule has 2 aromatic rings. The summed E-state index contributed by atoms with van der Waals surface area (Å²) in [6, 6.07) is 9.01. The van der Waals surface area contributed by atoms with Crippen molar-refractivity contribution in [2.45, 2.75) is 52.4 Å². The molecular weight excluding hydrogens is 423 g/mol. The number of hydrogen-bond donors (Lipinski definition) is 1. The minimum atomic E-state index is -4.77. The average molecular weight is 447 g/mol. The van der Waals surface area contributed by atoms with Crippen molar-refractivity contribution in [3.63, 3.8) is 0 Å². The molecule has 1 saturated carbocycles. The Morgan fingerprint density at radius 3 is 2.22 bits per heavy atom. The van der Waals surface area contributed by atoms with Gasteiger partial charge < -0.3 is 10.1 Å². The minimum Gasteiger partial charge on any atom is -0.406 e. The Labute approximate surface area is 184 Å². The lowest BCUT2D eigenvalue weighted by Crippen LogP contribution is -2.27. The summed E-state index contributed by atoms with van der Waals surface area (Å²) < 4.78 is 40.5. The number of ether oxygens (including phenoxy) is 1. The van der Waals surface area contributed by atoms with Crippen LogP contribution < -0.4 is 10.1 Å². The molecule has 1 fully saturated rings. The molecule has 170 valence electrons. The Bertz CT molecular complexity index is 1020. The number of hydrogen-bond acceptors (Lipinski definition) is 4. The van der Waals surface area contributed by atoms with Gasteiger partial charge in [0, 0.05) is 25.3 Å². The topological polar surface area (TPSA) is 72.5 Å². The molecule has 2 unspecified atom stereocenters. The Kier molecular flexibility index (Phi) is 6.71. The van der Waals surface area contributed by atoms with Crippen LogP contribution in [-0.4, -0.2) is 23.8 Å². The number of Topliss-reactive ketones (excluding diaryl/α,β-unsaturated/α-hetero) is 2. The second kappa shape index (κ2) is 9.14. The third-order valence-electron chi connectivity index (χ3n) is 5.56. The number of nitrogens with one attached hydrogen (secondary N) is 1. The molecule has 0 heterocycles. The summed E-state index contributed by atoms with van der Waals surface area (Å²) in [5.41, 5.74) is 4.13. The fourth-order valence-electron chi connectivity index (χ4n) is 4.28. The van der Waals surface area contributed by atoms with E-state index in [1.165, 1.54) is 12.1 Å². The molecule has 1 aliphatic rings. The van der Waals surface area contributed by atoms with Crippen LogP contribution in [0.15, 0.2) is 36.4 Å². The zero-order chi connectivity index (χ0) is 23.6. The number of rotatable bonds is 6. The smallest absolute Gasteiger partial charge is 0.406 e. The molecule has 1 amide bonds. The Morgan fingerprint density at radius 2 is 1.66 bits per heavy atom. The van der Waals surface area contributed by atoms with Crippen LogP contribution in [0.4, 0.5) is 13.2 Å². The van der Waals surface area contributed by atoms with E-state index in [4.69, 9.17) is 0 Å². The number of aryl methyl sites for hydroxylation is 3. The van der Waals surface area contributed by atoms with E-state index in [2.05, 4.69) is 10.1 Å². The van der Waals surface area contributed by atoms with E-state index >= 15 is 0 Å². The Hall–Kier alpha value is -3.16. The second-order valence-corrected chi connectivity index (χ2v) is 8.19. The van der Waals surface area contributed by atoms with Crippen LogP contribution in [0, 0.1) is 26.7 Å². The lowest BCUT2D eigenvalue weighted by Gasteiger charge is -2.16. The number of alkyl halides is 3. The van der Waals surface area contributed by atoms with Crippen LogP contribution >= 0.6 is 0 Å². The maximum atomic E-state index is 13.0. The van der Waals surface area contributed by atoms with Crippen molar-refractivity contribution in [2.24, 2.45) is 5.92 Å². The summed E-state index contributed by atoms with van der Waals surface area (Å²) in [6.07, 6.45) is -4.86. The van der Waals surface area contributed by atoms with Crippen molar-refractivity contribution in [1.29, 1.82) is 0 Å². The summed E-state index contributed by atoms with van der Waals surface area (Å²) in [4.78, 5) is 37.9. The Morgan fingerprint density at radius 1 is 1.06 bits per heavy atom. The predicted octanol–water partition coefficient (Wildman–Crippen LogP) is 4.46. The molecule has 0 bridgehead atoms. The van der Waals surface area contributed by atoms with E-state index in [0.29, 0.717) is 5.56 Å². The number of carbonyl (C=O) groups excluding carboxylic acids is 3. The van der Waals surface area contributed by atoms with Gasteiger partial charge in [-0.15, -0.1) is 13.2 Å². The van der Waals surface area contributed by atoms with E-state index in [9.17, 15) is 27.6 Å². The van der Waals surface area contributed by atoms with Crippen LogP contribution in [0.25, 0.3) is 0 Å². The van der Waals surface area contributed by atoms with Gasteiger partial charge in [-0.2, -0.15) is 0 Å². The second-order valence-electron chi connectivity index (χ2n) is 8.19. The van der Waals surface area contributed by atoms with Crippen LogP contribution in [0.5, 0.6) is 5.75 Å². The van der Waals surface area contributed by atoms with Gasteiger partial charge in [-0.1, -0.05) is 29.8 Å². The molecule has 32 heavy (non-hydrogen) atoms. The number of ketones is 2. The van der Waals surface area contributed by atoms with Gasteiger partial charge in [-0.25, -0.2) is 0 Å². The van der Waals surface area contributed by atoms with Gasteiger partial charge in [0.1, 0.15) is 17.5 Å². The van der Waals surface area contributed by atoms with E-state index in [0.717, 1.165) is 34.4 Å². The quantitative estimate of drug-likeness (QED) is 0.664. The molecule has 3 rings (SSSR count). The molecule has 2 aromatic carbocycles. The Balaban J connectivity index is 1.59. The van der Waals surface area contributed by atoms with E-state index in [-0.39, 0.29) is 36.7 Å². The molecule has 0 aromatic heterocycles. The molecule has 0 aliphatic heterocycles. The SMILES string of the molecule is Cc1cc(C)c(C2C(=O)CC(CC(=O)NCc3ccc(OC(F)(F)F)cc3)C2=O)c(C)c1. The average Bonchev–Trinajstić information content (AvgIpc) is 2.93. The largest absolute Gasteiger partial charge is 0.573 e. The lowest BCUT2D eigenvalue weighted by molar-refractivity contribution is -0.274. The predicted molar refractivity (Wildman–Crippen MR) is 111 cm³/mol. The van der Waals surface area contributed by atoms with Gasteiger partial charge in [-0.05, 0) is 55.2 Å². The van der Waals surface area contributed by atoms with Gasteiger partial charge in [0.25, 0.3) is 0 Å². The number of carbonyl (C=O) groups is 3. The standard InChI is InChI=1S/C24H24F3NO4/c1-13-8-14(2)21(15(3)9-13)22-19(29)10-17(23(22)31)11-20(30)28-12-16-4-6-18(7-5-16)32-24(25,26)27/h4-9,17,22H,10-12H2,1-3H3,(H,28,30). The maximum Gasteiger partial charge on any atom is 0.573 e. The third-order valence-corrected chi connectivity index (χ3v) is 5.56. The van der Waals surface area contributed by atoms with Crippen molar-refractivity contribution in [3.8, 4) is 5.75 Å². The number of amides is 1. The highest BCUT2D eigenvalue weighted by atomic mass is 19.4. The highest BCUT2D eigenvalue weighted by Crippen LogP contribution is 2.37. The molecule has 2 atom stereocenters. The monoisotopic (exact) mass is 447 g/mol. The van der Waals surface area contributed by atoms with Gasteiger partial charge in [-0.3, -0.25) is 14.4 Å². The zero-order valence-corrected chi connectivity index (χ0v) is 18.0. The fraction of sp³-hybridized carbons (Fsp3) is 0.375.